The summed E-state index contributed by atoms with van der Waals surface area (Å²) in [7, 11) is 0. The van der Waals surface area contributed by atoms with E-state index in [4.69, 9.17) is 11.6 Å². The molecule has 6 heteroatoms. The van der Waals surface area contributed by atoms with E-state index >= 15 is 0 Å². The first-order valence-electron chi connectivity index (χ1n) is 5.29. The SMILES string of the molecule is CCCCCC[C@@H](Br)C[C@](F)(Cl)C(F)(F)Br. The van der Waals surface area contributed by atoms with Crippen molar-refractivity contribution in [1.82, 2.24) is 0 Å². The molecule has 0 aliphatic carbocycles. The second-order valence-corrected chi connectivity index (χ2v) is 6.74. The number of rotatable bonds is 8. The molecular weight excluding hydrogens is 372 g/mol. The van der Waals surface area contributed by atoms with E-state index in [-0.39, 0.29) is 4.83 Å². The van der Waals surface area contributed by atoms with Crippen molar-refractivity contribution in [3.05, 3.63) is 0 Å². The van der Waals surface area contributed by atoms with Crippen molar-refractivity contribution in [1.29, 1.82) is 0 Å². The quantitative estimate of drug-likeness (QED) is 0.353. The molecule has 0 spiro atoms. The summed E-state index contributed by atoms with van der Waals surface area (Å²) >= 11 is 10.3. The van der Waals surface area contributed by atoms with Crippen LogP contribution in [0.3, 0.4) is 0 Å². The highest BCUT2D eigenvalue weighted by atomic mass is 79.9. The minimum absolute atomic E-state index is 0.324. The van der Waals surface area contributed by atoms with E-state index in [1.54, 1.807) is 0 Å². The average Bonchev–Trinajstić information content (AvgIpc) is 2.10. The normalized spacial score (nSPS) is 18.2. The van der Waals surface area contributed by atoms with Crippen LogP contribution in [0.2, 0.25) is 0 Å². The van der Waals surface area contributed by atoms with Gasteiger partial charge in [-0.2, -0.15) is 8.78 Å². The molecule has 0 rings (SSSR count). The molecule has 0 saturated carbocycles. The summed E-state index contributed by atoms with van der Waals surface area (Å²) < 4.78 is 38.7. The Bertz CT molecular complexity index is 195. The fourth-order valence-electron chi connectivity index (χ4n) is 1.29. The Morgan fingerprint density at radius 3 is 2.19 bits per heavy atom. The Labute approximate surface area is 117 Å². The molecule has 0 amide bonds. The highest BCUT2D eigenvalue weighted by Crippen LogP contribution is 2.45. The van der Waals surface area contributed by atoms with E-state index in [9.17, 15) is 13.2 Å². The van der Waals surface area contributed by atoms with Gasteiger partial charge in [0.05, 0.1) is 0 Å². The van der Waals surface area contributed by atoms with Crippen molar-refractivity contribution in [2.75, 3.05) is 0 Å². The van der Waals surface area contributed by atoms with Crippen molar-refractivity contribution >= 4 is 43.5 Å². The molecule has 0 radical (unpaired) electrons. The highest BCUT2D eigenvalue weighted by molar-refractivity contribution is 9.10. The second-order valence-electron chi connectivity index (χ2n) is 3.85. The predicted molar refractivity (Wildman–Crippen MR) is 69.7 cm³/mol. The van der Waals surface area contributed by atoms with Crippen molar-refractivity contribution in [2.45, 2.75) is 60.2 Å². The number of unbranched alkanes of at least 4 members (excludes halogenated alkanes) is 3. The molecule has 0 saturated heterocycles. The Kier molecular flexibility index (Phi) is 7.95. The second kappa shape index (κ2) is 7.47. The fraction of sp³-hybridized carbons (Fsp3) is 1.00. The third-order valence-electron chi connectivity index (χ3n) is 2.26. The van der Waals surface area contributed by atoms with Crippen LogP contribution in [0.25, 0.3) is 0 Å². The van der Waals surface area contributed by atoms with E-state index in [1.165, 1.54) is 0 Å². The smallest absolute Gasteiger partial charge is 0.218 e. The highest BCUT2D eigenvalue weighted by Gasteiger charge is 2.52. The number of halogens is 6. The molecule has 0 fully saturated rings. The lowest BCUT2D eigenvalue weighted by atomic mass is 10.1. The zero-order valence-electron chi connectivity index (χ0n) is 9.09. The monoisotopic (exact) mass is 386 g/mol. The zero-order chi connectivity index (χ0) is 12.8. The molecule has 0 nitrogen and oxygen atoms in total. The molecule has 16 heavy (non-hydrogen) atoms. The summed E-state index contributed by atoms with van der Waals surface area (Å²) in [6.45, 7) is 2.09. The summed E-state index contributed by atoms with van der Waals surface area (Å²) in [4.78, 5) is -4.02. The maximum atomic E-state index is 13.4. The third-order valence-corrected chi connectivity index (χ3v) is 4.29. The third kappa shape index (κ3) is 6.70. The van der Waals surface area contributed by atoms with Crippen molar-refractivity contribution in [3.63, 3.8) is 0 Å². The standard InChI is InChI=1S/C10H16Br2ClF3/c1-2-3-4-5-6-8(11)7-9(13,14)10(12,15)16/h8H,2-7H2,1H3/t8-,9-/m1/s1. The van der Waals surface area contributed by atoms with Gasteiger partial charge in [-0.25, -0.2) is 4.39 Å². The van der Waals surface area contributed by atoms with Crippen LogP contribution in [-0.2, 0) is 0 Å². The van der Waals surface area contributed by atoms with E-state index in [0.29, 0.717) is 6.42 Å². The van der Waals surface area contributed by atoms with Crippen molar-refractivity contribution < 1.29 is 13.2 Å². The maximum Gasteiger partial charge on any atom is 0.348 e. The number of alkyl halides is 6. The summed E-state index contributed by atoms with van der Waals surface area (Å²) in [6, 6.07) is 0. The Balaban J connectivity index is 3.90. The number of hydrogen-bond acceptors (Lipinski definition) is 0. The molecule has 0 unspecified atom stereocenters. The van der Waals surface area contributed by atoms with Gasteiger partial charge < -0.3 is 0 Å². The topological polar surface area (TPSA) is 0 Å². The molecule has 2 atom stereocenters. The lowest BCUT2D eigenvalue weighted by Gasteiger charge is -2.25. The summed E-state index contributed by atoms with van der Waals surface area (Å²) in [5, 5.41) is -3.04. The lowest BCUT2D eigenvalue weighted by Crippen LogP contribution is -2.36. The molecule has 98 valence electrons. The molecular formula is C10H16Br2ClF3. The largest absolute Gasteiger partial charge is 0.348 e. The molecule has 0 heterocycles. The first-order chi connectivity index (χ1) is 7.20. The summed E-state index contributed by atoms with van der Waals surface area (Å²) in [5.41, 5.74) is 0. The van der Waals surface area contributed by atoms with Gasteiger partial charge in [-0.15, -0.1) is 0 Å². The van der Waals surface area contributed by atoms with Crippen LogP contribution in [0, 0.1) is 0 Å². The maximum absolute atomic E-state index is 13.4. The van der Waals surface area contributed by atoms with E-state index in [1.807, 2.05) is 15.9 Å². The summed E-state index contributed by atoms with van der Waals surface area (Å²) in [6.07, 6.45) is 4.38. The molecule has 0 aromatic carbocycles. The first kappa shape index (κ1) is 17.0. The van der Waals surface area contributed by atoms with Gasteiger partial charge in [0.15, 0.2) is 0 Å². The molecule has 0 bridgehead atoms. The first-order valence-corrected chi connectivity index (χ1v) is 7.38. The van der Waals surface area contributed by atoms with E-state index < -0.39 is 16.4 Å². The van der Waals surface area contributed by atoms with Gasteiger partial charge in [0.25, 0.3) is 5.13 Å². The predicted octanol–water partition coefficient (Wildman–Crippen LogP) is 6.00. The average molecular weight is 388 g/mol. The zero-order valence-corrected chi connectivity index (χ0v) is 13.0. The minimum atomic E-state index is -3.70. The van der Waals surface area contributed by atoms with E-state index in [0.717, 1.165) is 25.7 Å². The van der Waals surface area contributed by atoms with E-state index in [2.05, 4.69) is 22.9 Å². The molecule has 0 aliphatic heterocycles. The van der Waals surface area contributed by atoms with Crippen molar-refractivity contribution in [2.24, 2.45) is 0 Å². The fourth-order valence-corrected chi connectivity index (χ4v) is 2.59. The molecule has 0 N–H and O–H groups in total. The van der Waals surface area contributed by atoms with Crippen LogP contribution in [0.1, 0.15) is 45.4 Å². The van der Waals surface area contributed by atoms with Gasteiger partial charge in [0.1, 0.15) is 0 Å². The van der Waals surface area contributed by atoms with Crippen LogP contribution in [0.5, 0.6) is 0 Å². The van der Waals surface area contributed by atoms with Gasteiger partial charge >= 0.3 is 4.83 Å². The van der Waals surface area contributed by atoms with Crippen LogP contribution >= 0.6 is 43.5 Å². The number of hydrogen-bond donors (Lipinski definition) is 0. The Hall–Kier alpha value is 1.04. The Morgan fingerprint density at radius 2 is 1.75 bits per heavy atom. The van der Waals surface area contributed by atoms with Gasteiger partial charge in [0.2, 0.25) is 0 Å². The minimum Gasteiger partial charge on any atom is -0.218 e. The molecule has 0 aliphatic rings. The van der Waals surface area contributed by atoms with Crippen LogP contribution in [-0.4, -0.2) is 14.8 Å². The van der Waals surface area contributed by atoms with Gasteiger partial charge in [-0.3, -0.25) is 0 Å². The van der Waals surface area contributed by atoms with Crippen LogP contribution in [0.15, 0.2) is 0 Å². The van der Waals surface area contributed by atoms with Crippen LogP contribution < -0.4 is 0 Å². The van der Waals surface area contributed by atoms with Gasteiger partial charge in [0, 0.05) is 11.2 Å². The Morgan fingerprint density at radius 1 is 1.19 bits per heavy atom. The molecule has 0 aromatic heterocycles. The van der Waals surface area contributed by atoms with Crippen molar-refractivity contribution in [3.8, 4) is 0 Å². The summed E-state index contributed by atoms with van der Waals surface area (Å²) in [5.74, 6) is 0. The lowest BCUT2D eigenvalue weighted by molar-refractivity contribution is -0.00959. The van der Waals surface area contributed by atoms with Crippen LogP contribution in [0.4, 0.5) is 13.2 Å². The van der Waals surface area contributed by atoms with Gasteiger partial charge in [-0.1, -0.05) is 60.1 Å². The van der Waals surface area contributed by atoms with Gasteiger partial charge in [-0.05, 0) is 22.4 Å². The molecule has 0 aromatic rings.